The molecular formula is C13H15NO. The molecule has 2 rings (SSSR count). The van der Waals surface area contributed by atoms with Crippen LogP contribution in [-0.4, -0.2) is 0 Å². The number of nitrogens with zero attached hydrogens (tertiary/aromatic N) is 1. The fourth-order valence-corrected chi connectivity index (χ4v) is 1.87. The van der Waals surface area contributed by atoms with Crippen LogP contribution in [0.3, 0.4) is 0 Å². The molecule has 2 aromatic rings. The van der Waals surface area contributed by atoms with Gasteiger partial charge in [0.15, 0.2) is 6.20 Å². The standard InChI is InChI=1S/C13H15NO/c1-13(2,3)11-7-4-8-12-10(11)6-5-9-14(12)15/h4-9H,1-3H3. The van der Waals surface area contributed by atoms with Gasteiger partial charge >= 0.3 is 0 Å². The fraction of sp³-hybridized carbons (Fsp3) is 0.308. The molecule has 0 amide bonds. The van der Waals surface area contributed by atoms with E-state index in [1.807, 2.05) is 18.2 Å². The van der Waals surface area contributed by atoms with Crippen LogP contribution < -0.4 is 4.73 Å². The highest BCUT2D eigenvalue weighted by atomic mass is 16.5. The predicted molar refractivity (Wildman–Crippen MR) is 61.6 cm³/mol. The van der Waals surface area contributed by atoms with Crippen molar-refractivity contribution in [2.75, 3.05) is 0 Å². The molecule has 0 bridgehead atoms. The van der Waals surface area contributed by atoms with Crippen LogP contribution in [0.4, 0.5) is 0 Å². The number of hydrogen-bond donors (Lipinski definition) is 0. The summed E-state index contributed by atoms with van der Waals surface area (Å²) in [5, 5.41) is 12.6. The first-order chi connectivity index (χ1) is 7.00. The van der Waals surface area contributed by atoms with Crippen LogP contribution in [0.5, 0.6) is 0 Å². The minimum atomic E-state index is 0.0634. The quantitative estimate of drug-likeness (QED) is 0.475. The van der Waals surface area contributed by atoms with E-state index >= 15 is 0 Å². The molecule has 1 aromatic carbocycles. The Kier molecular flexibility index (Phi) is 2.14. The average molecular weight is 201 g/mol. The van der Waals surface area contributed by atoms with E-state index in [1.54, 1.807) is 6.07 Å². The zero-order chi connectivity index (χ0) is 11.1. The van der Waals surface area contributed by atoms with Crippen molar-refractivity contribution in [3.05, 3.63) is 47.3 Å². The Labute approximate surface area is 89.8 Å². The van der Waals surface area contributed by atoms with Gasteiger partial charge in [0.25, 0.3) is 0 Å². The van der Waals surface area contributed by atoms with Crippen molar-refractivity contribution >= 4 is 10.9 Å². The Morgan fingerprint density at radius 2 is 1.80 bits per heavy atom. The molecule has 2 nitrogen and oxygen atoms in total. The molecule has 78 valence electrons. The zero-order valence-corrected chi connectivity index (χ0v) is 9.32. The fourth-order valence-electron chi connectivity index (χ4n) is 1.87. The highest BCUT2D eigenvalue weighted by Gasteiger charge is 2.18. The number of fused-ring (bicyclic) bond motifs is 1. The molecule has 0 aliphatic carbocycles. The van der Waals surface area contributed by atoms with Crippen molar-refractivity contribution in [2.24, 2.45) is 0 Å². The van der Waals surface area contributed by atoms with E-state index < -0.39 is 0 Å². The minimum Gasteiger partial charge on any atom is -0.618 e. The number of aromatic nitrogens is 1. The van der Waals surface area contributed by atoms with Crippen LogP contribution in [0.2, 0.25) is 0 Å². The molecule has 2 heteroatoms. The molecule has 0 spiro atoms. The van der Waals surface area contributed by atoms with Gasteiger partial charge in [0.2, 0.25) is 5.52 Å². The van der Waals surface area contributed by atoms with Gasteiger partial charge in [-0.2, -0.15) is 4.73 Å². The van der Waals surface area contributed by atoms with E-state index in [9.17, 15) is 5.21 Å². The van der Waals surface area contributed by atoms with Crippen molar-refractivity contribution in [3.8, 4) is 0 Å². The Bertz CT molecular complexity index is 497. The molecule has 1 heterocycles. The third kappa shape index (κ3) is 1.67. The van der Waals surface area contributed by atoms with E-state index in [4.69, 9.17) is 0 Å². The topological polar surface area (TPSA) is 26.9 Å². The van der Waals surface area contributed by atoms with Gasteiger partial charge in [0.05, 0.1) is 5.39 Å². The van der Waals surface area contributed by atoms with Crippen LogP contribution in [0.15, 0.2) is 36.5 Å². The van der Waals surface area contributed by atoms with E-state index in [0.717, 1.165) is 15.6 Å². The van der Waals surface area contributed by atoms with Gasteiger partial charge in [-0.3, -0.25) is 0 Å². The first kappa shape index (κ1) is 9.97. The first-order valence-electron chi connectivity index (χ1n) is 5.11. The summed E-state index contributed by atoms with van der Waals surface area (Å²) in [5.74, 6) is 0. The first-order valence-corrected chi connectivity index (χ1v) is 5.11. The highest BCUT2D eigenvalue weighted by Crippen LogP contribution is 2.28. The Balaban J connectivity index is 2.83. The van der Waals surface area contributed by atoms with Crippen LogP contribution in [0.1, 0.15) is 26.3 Å². The second-order valence-corrected chi connectivity index (χ2v) is 4.82. The maximum absolute atomic E-state index is 11.6. The lowest BCUT2D eigenvalue weighted by Gasteiger charge is -2.20. The molecule has 15 heavy (non-hydrogen) atoms. The number of hydrogen-bond acceptors (Lipinski definition) is 1. The molecule has 0 atom stereocenters. The van der Waals surface area contributed by atoms with Crippen LogP contribution in [0, 0.1) is 5.21 Å². The SMILES string of the molecule is CC(C)(C)c1cccc2c1ccc[n+]2[O-]. The molecule has 0 aliphatic rings. The van der Waals surface area contributed by atoms with Crippen LogP contribution >= 0.6 is 0 Å². The Hall–Kier alpha value is -1.57. The lowest BCUT2D eigenvalue weighted by Crippen LogP contribution is -2.26. The van der Waals surface area contributed by atoms with Gasteiger partial charge in [-0.1, -0.05) is 32.9 Å². The molecule has 0 saturated heterocycles. The summed E-state index contributed by atoms with van der Waals surface area (Å²) < 4.78 is 0.921. The normalized spacial score (nSPS) is 11.9. The summed E-state index contributed by atoms with van der Waals surface area (Å²) in [6.45, 7) is 6.47. The van der Waals surface area contributed by atoms with Gasteiger partial charge in [0.1, 0.15) is 0 Å². The second kappa shape index (κ2) is 3.23. The van der Waals surface area contributed by atoms with E-state index in [0.29, 0.717) is 0 Å². The van der Waals surface area contributed by atoms with Crippen molar-refractivity contribution < 1.29 is 4.73 Å². The summed E-state index contributed by atoms with van der Waals surface area (Å²) in [6.07, 6.45) is 1.54. The third-order valence-electron chi connectivity index (χ3n) is 2.61. The largest absolute Gasteiger partial charge is 0.618 e. The molecule has 0 unspecified atom stereocenters. The van der Waals surface area contributed by atoms with Crippen LogP contribution in [-0.2, 0) is 5.41 Å². The summed E-state index contributed by atoms with van der Waals surface area (Å²) in [6, 6.07) is 9.69. The van der Waals surface area contributed by atoms with Gasteiger partial charge in [0, 0.05) is 12.1 Å². The summed E-state index contributed by atoms with van der Waals surface area (Å²) in [4.78, 5) is 0. The van der Waals surface area contributed by atoms with Gasteiger partial charge < -0.3 is 5.21 Å². The Morgan fingerprint density at radius 1 is 1.07 bits per heavy atom. The van der Waals surface area contributed by atoms with Gasteiger partial charge in [-0.25, -0.2) is 0 Å². The van der Waals surface area contributed by atoms with Gasteiger partial charge in [-0.05, 0) is 17.0 Å². The average Bonchev–Trinajstić information content (AvgIpc) is 2.16. The summed E-state index contributed by atoms with van der Waals surface area (Å²) in [5.41, 5.74) is 2.02. The lowest BCUT2D eigenvalue weighted by molar-refractivity contribution is -0.577. The number of rotatable bonds is 0. The summed E-state index contributed by atoms with van der Waals surface area (Å²) in [7, 11) is 0. The molecule has 1 aromatic heterocycles. The minimum absolute atomic E-state index is 0.0634. The molecule has 0 aliphatic heterocycles. The smallest absolute Gasteiger partial charge is 0.224 e. The van der Waals surface area contributed by atoms with Crippen molar-refractivity contribution in [2.45, 2.75) is 26.2 Å². The van der Waals surface area contributed by atoms with E-state index in [1.165, 1.54) is 11.8 Å². The van der Waals surface area contributed by atoms with Crippen molar-refractivity contribution in [3.63, 3.8) is 0 Å². The van der Waals surface area contributed by atoms with Gasteiger partial charge in [-0.15, -0.1) is 0 Å². The number of pyridine rings is 1. The highest BCUT2D eigenvalue weighted by molar-refractivity contribution is 5.80. The molecule has 0 N–H and O–H groups in total. The second-order valence-electron chi connectivity index (χ2n) is 4.82. The maximum Gasteiger partial charge on any atom is 0.224 e. The van der Waals surface area contributed by atoms with Crippen molar-refractivity contribution in [1.82, 2.24) is 0 Å². The number of benzene rings is 1. The monoisotopic (exact) mass is 201 g/mol. The third-order valence-corrected chi connectivity index (χ3v) is 2.61. The van der Waals surface area contributed by atoms with E-state index in [-0.39, 0.29) is 5.41 Å². The molecule has 0 saturated carbocycles. The lowest BCUT2D eigenvalue weighted by atomic mass is 9.84. The summed E-state index contributed by atoms with van der Waals surface area (Å²) >= 11 is 0. The Morgan fingerprint density at radius 3 is 2.47 bits per heavy atom. The van der Waals surface area contributed by atoms with E-state index in [2.05, 4.69) is 26.8 Å². The molecule has 0 fully saturated rings. The van der Waals surface area contributed by atoms with Crippen LogP contribution in [0.25, 0.3) is 10.9 Å². The predicted octanol–water partition coefficient (Wildman–Crippen LogP) is 2.77. The maximum atomic E-state index is 11.6. The molecule has 0 radical (unpaired) electrons. The molecular weight excluding hydrogens is 186 g/mol. The zero-order valence-electron chi connectivity index (χ0n) is 9.32. The van der Waals surface area contributed by atoms with Crippen molar-refractivity contribution in [1.29, 1.82) is 0 Å².